The minimum atomic E-state index is -0.309. The molecule has 2 aromatic carbocycles. The molecule has 0 aromatic heterocycles. The first-order chi connectivity index (χ1) is 11.2. The maximum atomic E-state index is 13.5. The molecule has 0 aliphatic heterocycles. The number of anilines is 1. The number of hydrogen-bond donors (Lipinski definition) is 2. The molecule has 0 aliphatic carbocycles. The Morgan fingerprint density at radius 3 is 2.65 bits per heavy atom. The summed E-state index contributed by atoms with van der Waals surface area (Å²) in [4.78, 5) is 11.8. The Labute approximate surface area is 135 Å². The normalized spacial score (nSPS) is 10.2. The molecule has 5 heteroatoms. The largest absolute Gasteiger partial charge is 0.492 e. The number of hydrogen-bond acceptors (Lipinski definition) is 3. The zero-order valence-electron chi connectivity index (χ0n) is 13.1. The van der Waals surface area contributed by atoms with Crippen LogP contribution in [0.2, 0.25) is 0 Å². The molecule has 0 atom stereocenters. The number of carbonyl (C=O) groups is 1. The number of ether oxygens (including phenoxy) is 1. The summed E-state index contributed by atoms with van der Waals surface area (Å²) in [5.74, 6) is 0.327. The molecule has 0 unspecified atom stereocenters. The van der Waals surface area contributed by atoms with Crippen molar-refractivity contribution in [1.29, 1.82) is 0 Å². The van der Waals surface area contributed by atoms with Crippen molar-refractivity contribution in [1.82, 2.24) is 5.32 Å². The van der Waals surface area contributed by atoms with Crippen LogP contribution in [0, 0.1) is 5.82 Å². The van der Waals surface area contributed by atoms with E-state index in [1.165, 1.54) is 6.07 Å². The molecule has 2 rings (SSSR count). The molecule has 0 spiro atoms. The van der Waals surface area contributed by atoms with Crippen LogP contribution in [0.1, 0.15) is 18.9 Å². The summed E-state index contributed by atoms with van der Waals surface area (Å²) in [7, 11) is 0. The fraction of sp³-hybridized carbons (Fsp3) is 0.278. The smallest absolute Gasteiger partial charge is 0.222 e. The summed E-state index contributed by atoms with van der Waals surface area (Å²) in [6.45, 7) is 3.18. The Bertz CT molecular complexity index is 646. The summed E-state index contributed by atoms with van der Waals surface area (Å²) < 4.78 is 19.0. The van der Waals surface area contributed by atoms with Gasteiger partial charge in [-0.15, -0.1) is 0 Å². The van der Waals surface area contributed by atoms with Gasteiger partial charge in [-0.1, -0.05) is 30.3 Å². The Morgan fingerprint density at radius 2 is 1.87 bits per heavy atom. The van der Waals surface area contributed by atoms with E-state index in [-0.39, 0.29) is 18.3 Å². The van der Waals surface area contributed by atoms with E-state index in [0.717, 1.165) is 11.4 Å². The number of benzene rings is 2. The van der Waals surface area contributed by atoms with Crippen LogP contribution in [-0.4, -0.2) is 19.1 Å². The lowest BCUT2D eigenvalue weighted by molar-refractivity contribution is -0.121. The third-order valence-electron chi connectivity index (χ3n) is 3.29. The Hall–Kier alpha value is -2.56. The second kappa shape index (κ2) is 8.78. The fourth-order valence-corrected chi connectivity index (χ4v) is 2.13. The van der Waals surface area contributed by atoms with Gasteiger partial charge in [0.25, 0.3) is 0 Å². The van der Waals surface area contributed by atoms with Gasteiger partial charge < -0.3 is 15.4 Å². The molecule has 0 saturated carbocycles. The van der Waals surface area contributed by atoms with E-state index in [9.17, 15) is 9.18 Å². The van der Waals surface area contributed by atoms with Crippen LogP contribution in [0.25, 0.3) is 0 Å². The molecule has 2 N–H and O–H groups in total. The van der Waals surface area contributed by atoms with E-state index in [0.29, 0.717) is 25.1 Å². The van der Waals surface area contributed by atoms with Crippen molar-refractivity contribution in [2.24, 2.45) is 0 Å². The van der Waals surface area contributed by atoms with Crippen molar-refractivity contribution in [3.8, 4) is 5.75 Å². The molecule has 23 heavy (non-hydrogen) atoms. The zero-order valence-corrected chi connectivity index (χ0v) is 13.1. The molecule has 4 nitrogen and oxygen atoms in total. The number of para-hydroxylation sites is 2. The van der Waals surface area contributed by atoms with E-state index >= 15 is 0 Å². The zero-order chi connectivity index (χ0) is 16.5. The average Bonchev–Trinajstić information content (AvgIpc) is 2.56. The molecule has 0 saturated heterocycles. The van der Waals surface area contributed by atoms with Crippen molar-refractivity contribution in [3.05, 3.63) is 59.9 Å². The van der Waals surface area contributed by atoms with Gasteiger partial charge >= 0.3 is 0 Å². The van der Waals surface area contributed by atoms with Crippen LogP contribution in [-0.2, 0) is 11.3 Å². The SMILES string of the molecule is CCOc1ccccc1NCCC(=O)NCc1ccccc1F. The summed E-state index contributed by atoms with van der Waals surface area (Å²) >= 11 is 0. The number of nitrogens with one attached hydrogen (secondary N) is 2. The Kier molecular flexibility index (Phi) is 6.41. The topological polar surface area (TPSA) is 50.4 Å². The molecule has 0 bridgehead atoms. The molecular formula is C18H21FN2O2. The molecule has 0 fully saturated rings. The van der Waals surface area contributed by atoms with Crippen molar-refractivity contribution >= 4 is 11.6 Å². The second-order valence-electron chi connectivity index (χ2n) is 4.97. The molecule has 2 aromatic rings. The van der Waals surface area contributed by atoms with Gasteiger partial charge in [-0.2, -0.15) is 0 Å². The maximum absolute atomic E-state index is 13.5. The Morgan fingerprint density at radius 1 is 1.13 bits per heavy atom. The van der Waals surface area contributed by atoms with Crippen molar-refractivity contribution in [2.75, 3.05) is 18.5 Å². The van der Waals surface area contributed by atoms with Crippen LogP contribution >= 0.6 is 0 Å². The van der Waals surface area contributed by atoms with E-state index in [4.69, 9.17) is 4.74 Å². The highest BCUT2D eigenvalue weighted by Gasteiger charge is 2.06. The lowest BCUT2D eigenvalue weighted by atomic mass is 10.2. The second-order valence-corrected chi connectivity index (χ2v) is 4.97. The van der Waals surface area contributed by atoms with Crippen molar-refractivity contribution in [2.45, 2.75) is 19.9 Å². The van der Waals surface area contributed by atoms with Gasteiger partial charge in [0.2, 0.25) is 5.91 Å². The van der Waals surface area contributed by atoms with Gasteiger partial charge in [0.15, 0.2) is 0 Å². The van der Waals surface area contributed by atoms with E-state index < -0.39 is 0 Å². The quantitative estimate of drug-likeness (QED) is 0.785. The third kappa shape index (κ3) is 5.29. The van der Waals surface area contributed by atoms with Gasteiger partial charge in [0.05, 0.1) is 12.3 Å². The number of rotatable bonds is 8. The van der Waals surface area contributed by atoms with Crippen molar-refractivity contribution < 1.29 is 13.9 Å². The highest BCUT2D eigenvalue weighted by Crippen LogP contribution is 2.23. The number of halogens is 1. The molecule has 1 amide bonds. The van der Waals surface area contributed by atoms with Crippen LogP contribution in [0.3, 0.4) is 0 Å². The third-order valence-corrected chi connectivity index (χ3v) is 3.29. The monoisotopic (exact) mass is 316 g/mol. The minimum Gasteiger partial charge on any atom is -0.492 e. The average molecular weight is 316 g/mol. The van der Waals surface area contributed by atoms with Crippen LogP contribution in [0.15, 0.2) is 48.5 Å². The van der Waals surface area contributed by atoms with E-state index in [2.05, 4.69) is 10.6 Å². The predicted octanol–water partition coefficient (Wildman–Crippen LogP) is 3.34. The first kappa shape index (κ1) is 16.8. The van der Waals surface area contributed by atoms with Gasteiger partial charge in [-0.25, -0.2) is 4.39 Å². The molecule has 0 aliphatic rings. The summed E-state index contributed by atoms with van der Waals surface area (Å²) in [5.41, 5.74) is 1.34. The van der Waals surface area contributed by atoms with Gasteiger partial charge in [-0.3, -0.25) is 4.79 Å². The maximum Gasteiger partial charge on any atom is 0.222 e. The van der Waals surface area contributed by atoms with Crippen molar-refractivity contribution in [3.63, 3.8) is 0 Å². The Balaban J connectivity index is 1.76. The predicted molar refractivity (Wildman–Crippen MR) is 89.0 cm³/mol. The van der Waals surface area contributed by atoms with E-state index in [1.54, 1.807) is 18.2 Å². The number of carbonyl (C=O) groups excluding carboxylic acids is 1. The summed E-state index contributed by atoms with van der Waals surface area (Å²) in [5, 5.41) is 5.89. The number of amides is 1. The molecule has 0 heterocycles. The first-order valence-electron chi connectivity index (χ1n) is 7.66. The summed E-state index contributed by atoms with van der Waals surface area (Å²) in [6.07, 6.45) is 0.301. The molecule has 122 valence electrons. The highest BCUT2D eigenvalue weighted by atomic mass is 19.1. The van der Waals surface area contributed by atoms with Crippen LogP contribution in [0.4, 0.5) is 10.1 Å². The van der Waals surface area contributed by atoms with E-state index in [1.807, 2.05) is 31.2 Å². The van der Waals surface area contributed by atoms with Gasteiger partial charge in [0.1, 0.15) is 11.6 Å². The fourth-order valence-electron chi connectivity index (χ4n) is 2.13. The minimum absolute atomic E-state index is 0.130. The highest BCUT2D eigenvalue weighted by molar-refractivity contribution is 5.76. The molecular weight excluding hydrogens is 295 g/mol. The van der Waals surface area contributed by atoms with Gasteiger partial charge in [-0.05, 0) is 25.1 Å². The summed E-state index contributed by atoms with van der Waals surface area (Å²) in [6, 6.07) is 14.0. The standard InChI is InChI=1S/C18H21FN2O2/c1-2-23-17-10-6-5-9-16(17)20-12-11-18(22)21-13-14-7-3-4-8-15(14)19/h3-10,20H,2,11-13H2,1H3,(H,21,22). The lowest BCUT2D eigenvalue weighted by Gasteiger charge is -2.12. The molecule has 0 radical (unpaired) electrons. The van der Waals surface area contributed by atoms with Crippen LogP contribution in [0.5, 0.6) is 5.75 Å². The van der Waals surface area contributed by atoms with Gasteiger partial charge in [0, 0.05) is 25.1 Å². The van der Waals surface area contributed by atoms with Crippen LogP contribution < -0.4 is 15.4 Å². The lowest BCUT2D eigenvalue weighted by Crippen LogP contribution is -2.25. The first-order valence-corrected chi connectivity index (χ1v) is 7.66.